The lowest BCUT2D eigenvalue weighted by Gasteiger charge is -2.09. The number of amides is 2. The number of hydrogen-bond acceptors (Lipinski definition) is 4. The molecule has 0 aliphatic rings. The molecule has 7 heteroatoms. The van der Waals surface area contributed by atoms with Gasteiger partial charge in [0.05, 0.1) is 24.0 Å². The molecule has 0 spiro atoms. The number of rotatable bonds is 4. The van der Waals surface area contributed by atoms with Crippen LogP contribution in [-0.4, -0.2) is 22.3 Å². The Kier molecular flexibility index (Phi) is 3.99. The number of carboxylic acid groups (broad SMARTS) is 1. The first-order chi connectivity index (χ1) is 9.56. The van der Waals surface area contributed by atoms with Gasteiger partial charge in [0.1, 0.15) is 0 Å². The Morgan fingerprint density at radius 3 is 2.80 bits per heavy atom. The molecule has 20 heavy (non-hydrogen) atoms. The molecule has 0 radical (unpaired) electrons. The number of benzene rings is 1. The number of hydrogen-bond donors (Lipinski definition) is 3. The number of carboxylic acids is 1. The van der Waals surface area contributed by atoms with E-state index in [4.69, 9.17) is 9.63 Å². The molecule has 0 fully saturated rings. The Morgan fingerprint density at radius 1 is 1.35 bits per heavy atom. The topological polar surface area (TPSA) is 104 Å². The van der Waals surface area contributed by atoms with E-state index in [0.717, 1.165) is 5.56 Å². The summed E-state index contributed by atoms with van der Waals surface area (Å²) in [6, 6.07) is 5.86. The van der Waals surface area contributed by atoms with Crippen LogP contribution in [0.2, 0.25) is 0 Å². The van der Waals surface area contributed by atoms with Crippen molar-refractivity contribution >= 4 is 17.7 Å². The molecule has 0 bridgehead atoms. The van der Waals surface area contributed by atoms with E-state index in [0.29, 0.717) is 5.76 Å². The van der Waals surface area contributed by atoms with Crippen LogP contribution in [0.5, 0.6) is 0 Å². The van der Waals surface area contributed by atoms with Gasteiger partial charge in [-0.25, -0.2) is 9.59 Å². The number of anilines is 1. The number of nitrogens with one attached hydrogen (secondary N) is 2. The van der Waals surface area contributed by atoms with Crippen LogP contribution in [0.15, 0.2) is 35.0 Å². The lowest BCUT2D eigenvalue weighted by Crippen LogP contribution is -2.28. The average molecular weight is 275 g/mol. The van der Waals surface area contributed by atoms with E-state index in [9.17, 15) is 9.59 Å². The van der Waals surface area contributed by atoms with Gasteiger partial charge in [-0.2, -0.15) is 0 Å². The Balaban J connectivity index is 2.02. The monoisotopic (exact) mass is 275 g/mol. The highest BCUT2D eigenvalue weighted by atomic mass is 16.5. The Morgan fingerprint density at radius 2 is 2.15 bits per heavy atom. The van der Waals surface area contributed by atoms with Gasteiger partial charge in [-0.15, -0.1) is 0 Å². The molecule has 0 aliphatic carbocycles. The van der Waals surface area contributed by atoms with E-state index in [1.807, 2.05) is 0 Å². The number of carbonyl (C=O) groups is 2. The maximum atomic E-state index is 11.7. The Bertz CT molecular complexity index is 623. The van der Waals surface area contributed by atoms with Gasteiger partial charge in [0.2, 0.25) is 0 Å². The number of nitrogens with zero attached hydrogens (tertiary/aromatic N) is 1. The maximum Gasteiger partial charge on any atom is 0.337 e. The molecule has 2 aromatic rings. The van der Waals surface area contributed by atoms with Crippen LogP contribution in [0.3, 0.4) is 0 Å². The number of aryl methyl sites for hydroxylation is 1. The van der Waals surface area contributed by atoms with Crippen molar-refractivity contribution in [3.05, 3.63) is 47.3 Å². The first-order valence-corrected chi connectivity index (χ1v) is 5.84. The molecule has 1 heterocycles. The molecular formula is C13H13N3O4. The first kappa shape index (κ1) is 13.6. The molecule has 0 aliphatic heterocycles. The van der Waals surface area contributed by atoms with Crippen molar-refractivity contribution in [1.82, 2.24) is 10.5 Å². The number of urea groups is 1. The van der Waals surface area contributed by atoms with Crippen molar-refractivity contribution in [1.29, 1.82) is 0 Å². The molecule has 0 saturated carbocycles. The zero-order valence-electron chi connectivity index (χ0n) is 10.7. The second-order valence-corrected chi connectivity index (χ2v) is 4.14. The third-order valence-electron chi connectivity index (χ3n) is 2.57. The molecule has 2 rings (SSSR count). The lowest BCUT2D eigenvalue weighted by molar-refractivity contribution is 0.0698. The van der Waals surface area contributed by atoms with Gasteiger partial charge >= 0.3 is 12.0 Å². The van der Waals surface area contributed by atoms with Gasteiger partial charge in [-0.3, -0.25) is 0 Å². The van der Waals surface area contributed by atoms with E-state index < -0.39 is 12.0 Å². The fraction of sp³-hybridized carbons (Fsp3) is 0.154. The number of aromatic carboxylic acids is 1. The van der Waals surface area contributed by atoms with Crippen LogP contribution < -0.4 is 10.6 Å². The summed E-state index contributed by atoms with van der Waals surface area (Å²) in [4.78, 5) is 22.8. The lowest BCUT2D eigenvalue weighted by atomic mass is 10.1. The molecule has 1 aromatic heterocycles. The van der Waals surface area contributed by atoms with Crippen LogP contribution >= 0.6 is 0 Å². The van der Waals surface area contributed by atoms with Crippen LogP contribution in [0.4, 0.5) is 10.5 Å². The maximum absolute atomic E-state index is 11.7. The fourth-order valence-electron chi connectivity index (χ4n) is 1.61. The van der Waals surface area contributed by atoms with E-state index in [1.54, 1.807) is 25.1 Å². The van der Waals surface area contributed by atoms with Crippen molar-refractivity contribution in [2.24, 2.45) is 0 Å². The van der Waals surface area contributed by atoms with Crippen molar-refractivity contribution in [2.75, 3.05) is 5.32 Å². The Hall–Kier alpha value is -2.83. The highest BCUT2D eigenvalue weighted by Gasteiger charge is 2.12. The minimum Gasteiger partial charge on any atom is -0.478 e. The fourth-order valence-corrected chi connectivity index (χ4v) is 1.61. The van der Waals surface area contributed by atoms with Gasteiger partial charge < -0.3 is 20.3 Å². The van der Waals surface area contributed by atoms with Crippen molar-refractivity contribution < 1.29 is 19.2 Å². The Labute approximate surface area is 114 Å². The molecular weight excluding hydrogens is 262 g/mol. The predicted molar refractivity (Wildman–Crippen MR) is 70.5 cm³/mol. The van der Waals surface area contributed by atoms with E-state index in [1.165, 1.54) is 12.3 Å². The summed E-state index contributed by atoms with van der Waals surface area (Å²) in [6.45, 7) is 1.94. The second-order valence-electron chi connectivity index (χ2n) is 4.14. The third-order valence-corrected chi connectivity index (χ3v) is 2.57. The zero-order valence-corrected chi connectivity index (χ0v) is 10.7. The first-order valence-electron chi connectivity index (χ1n) is 5.84. The summed E-state index contributed by atoms with van der Waals surface area (Å²) in [5.41, 5.74) is 1.08. The smallest absolute Gasteiger partial charge is 0.337 e. The highest BCUT2D eigenvalue weighted by molar-refractivity contribution is 6.00. The minimum atomic E-state index is -1.10. The summed E-state index contributed by atoms with van der Waals surface area (Å²) in [6.07, 6.45) is 1.47. The van der Waals surface area contributed by atoms with Crippen molar-refractivity contribution in [3.63, 3.8) is 0 Å². The molecule has 1 aromatic carbocycles. The molecule has 7 nitrogen and oxygen atoms in total. The van der Waals surface area contributed by atoms with E-state index in [2.05, 4.69) is 15.8 Å². The normalized spacial score (nSPS) is 10.1. The van der Waals surface area contributed by atoms with Gasteiger partial charge in [0.25, 0.3) is 0 Å². The van der Waals surface area contributed by atoms with Gasteiger partial charge in [0.15, 0.2) is 5.76 Å². The van der Waals surface area contributed by atoms with Gasteiger partial charge in [-0.05, 0) is 19.1 Å². The molecule has 3 N–H and O–H groups in total. The summed E-state index contributed by atoms with van der Waals surface area (Å²) < 4.78 is 4.83. The van der Waals surface area contributed by atoms with Crippen molar-refractivity contribution in [2.45, 2.75) is 13.5 Å². The minimum absolute atomic E-state index is 0.0415. The quantitative estimate of drug-likeness (QED) is 0.791. The standard InChI is InChI=1S/C13H13N3O4/c1-8-2-3-11(10(6-8)12(17)18)16-13(19)14-7-9-4-5-15-20-9/h2-6H,7H2,1H3,(H,17,18)(H2,14,16,19). The summed E-state index contributed by atoms with van der Waals surface area (Å²) >= 11 is 0. The van der Waals surface area contributed by atoms with E-state index >= 15 is 0 Å². The molecule has 0 saturated heterocycles. The number of aromatic nitrogens is 1. The zero-order chi connectivity index (χ0) is 14.5. The van der Waals surface area contributed by atoms with Crippen molar-refractivity contribution in [3.8, 4) is 0 Å². The summed E-state index contributed by atoms with van der Waals surface area (Å²) in [7, 11) is 0. The summed E-state index contributed by atoms with van der Waals surface area (Å²) in [5, 5.41) is 17.6. The largest absolute Gasteiger partial charge is 0.478 e. The predicted octanol–water partition coefficient (Wildman–Crippen LogP) is 2.00. The molecule has 0 atom stereocenters. The van der Waals surface area contributed by atoms with Gasteiger partial charge in [-0.1, -0.05) is 16.8 Å². The molecule has 104 valence electrons. The van der Waals surface area contributed by atoms with Gasteiger partial charge in [0, 0.05) is 6.07 Å². The van der Waals surface area contributed by atoms with Crippen LogP contribution in [0, 0.1) is 6.92 Å². The molecule has 0 unspecified atom stereocenters. The molecule has 2 amide bonds. The SMILES string of the molecule is Cc1ccc(NC(=O)NCc2ccno2)c(C(=O)O)c1. The second kappa shape index (κ2) is 5.87. The van der Waals surface area contributed by atoms with Crippen LogP contribution in [0.1, 0.15) is 21.7 Å². The van der Waals surface area contributed by atoms with Crippen LogP contribution in [-0.2, 0) is 6.54 Å². The highest BCUT2D eigenvalue weighted by Crippen LogP contribution is 2.17. The van der Waals surface area contributed by atoms with E-state index in [-0.39, 0.29) is 17.8 Å². The summed E-state index contributed by atoms with van der Waals surface area (Å²) in [5.74, 6) is -0.596. The average Bonchev–Trinajstić information content (AvgIpc) is 2.91. The number of carbonyl (C=O) groups excluding carboxylic acids is 1. The third kappa shape index (κ3) is 3.35. The van der Waals surface area contributed by atoms with Crippen LogP contribution in [0.25, 0.3) is 0 Å².